The molecule has 0 aromatic carbocycles. The molecule has 3 N–H and O–H groups in total. The Morgan fingerprint density at radius 1 is 1.21 bits per heavy atom. The molecule has 1 aliphatic rings. The van der Waals surface area contributed by atoms with E-state index in [0.717, 1.165) is 29.0 Å². The lowest BCUT2D eigenvalue weighted by Crippen LogP contribution is -2.33. The van der Waals surface area contributed by atoms with Gasteiger partial charge in [0, 0.05) is 31.9 Å². The molecule has 1 aliphatic heterocycles. The number of nitrogens with zero attached hydrogens (tertiary/aromatic N) is 4. The number of anilines is 2. The molecule has 0 radical (unpaired) electrons. The topological polar surface area (TPSA) is 86.2 Å². The molecule has 7 nitrogen and oxygen atoms in total. The summed E-state index contributed by atoms with van der Waals surface area (Å²) in [5, 5.41) is 17.7. The number of hydrogen-bond acceptors (Lipinski definition) is 7. The second-order valence-corrected chi connectivity index (χ2v) is 6.79. The van der Waals surface area contributed by atoms with Gasteiger partial charge >= 0.3 is 0 Å². The lowest BCUT2D eigenvalue weighted by atomic mass is 10.1. The number of β-amino-alcohol motifs (C(OH)–C–C–N with tert-alkyl or cyclic N) is 1. The number of aliphatic hydroxyl groups is 1. The maximum atomic E-state index is 10.3. The lowest BCUT2D eigenvalue weighted by molar-refractivity contribution is 0.161. The summed E-state index contributed by atoms with van der Waals surface area (Å²) in [5.41, 5.74) is 2.70. The monoisotopic (exact) mass is 330 g/mol. The van der Waals surface area contributed by atoms with Crippen LogP contribution in [0.15, 0.2) is 6.07 Å². The molecule has 1 fully saturated rings. The Hall–Kier alpha value is -1.99. The van der Waals surface area contributed by atoms with E-state index in [1.807, 2.05) is 27.0 Å². The third-order valence-electron chi connectivity index (χ3n) is 4.59. The van der Waals surface area contributed by atoms with Crippen molar-refractivity contribution in [2.75, 3.05) is 30.8 Å². The molecule has 0 saturated carbocycles. The van der Waals surface area contributed by atoms with Crippen LogP contribution < -0.4 is 10.6 Å². The summed E-state index contributed by atoms with van der Waals surface area (Å²) in [6.07, 6.45) is -0.433. The van der Waals surface area contributed by atoms with E-state index in [4.69, 9.17) is 0 Å². The Labute approximate surface area is 142 Å². The molecule has 2 aromatic rings. The van der Waals surface area contributed by atoms with Gasteiger partial charge in [-0.1, -0.05) is 0 Å². The van der Waals surface area contributed by atoms with Gasteiger partial charge < -0.3 is 15.7 Å². The number of aliphatic hydroxyl groups excluding tert-OH is 1. The molecular weight excluding hydrogens is 304 g/mol. The van der Waals surface area contributed by atoms with Crippen molar-refractivity contribution in [3.8, 4) is 0 Å². The first-order chi connectivity index (χ1) is 11.4. The van der Waals surface area contributed by atoms with Crippen molar-refractivity contribution in [3.05, 3.63) is 17.3 Å². The highest BCUT2D eigenvalue weighted by Crippen LogP contribution is 2.25. The van der Waals surface area contributed by atoms with Crippen LogP contribution in [0, 0.1) is 13.8 Å². The molecule has 2 unspecified atom stereocenters. The van der Waals surface area contributed by atoms with Gasteiger partial charge in [-0.3, -0.25) is 4.90 Å². The van der Waals surface area contributed by atoms with E-state index < -0.39 is 6.10 Å². The first kappa shape index (κ1) is 16.9. The third kappa shape index (κ3) is 3.14. The standard InChI is InChI=1S/C17H26N6O/c1-9(2)23-7-12(13(24)8-23)20-17-21-15(18-5)14-10(3)6-11(4)19-16(14)22-17/h6,9,12-13,24H,7-8H2,1-5H3,(H2,18,19,20,21,22). The quantitative estimate of drug-likeness (QED) is 0.784. The van der Waals surface area contributed by atoms with Crippen LogP contribution in [0.1, 0.15) is 25.1 Å². The summed E-state index contributed by atoms with van der Waals surface area (Å²) in [4.78, 5) is 15.9. The highest BCUT2D eigenvalue weighted by molar-refractivity contribution is 5.90. The van der Waals surface area contributed by atoms with Crippen LogP contribution in [0.3, 0.4) is 0 Å². The fraction of sp³-hybridized carbons (Fsp3) is 0.588. The van der Waals surface area contributed by atoms with Gasteiger partial charge in [-0.05, 0) is 39.3 Å². The number of likely N-dealkylation sites (tertiary alicyclic amines) is 1. The molecule has 7 heteroatoms. The van der Waals surface area contributed by atoms with Gasteiger partial charge in [-0.25, -0.2) is 4.98 Å². The van der Waals surface area contributed by atoms with Crippen LogP contribution in [-0.2, 0) is 0 Å². The van der Waals surface area contributed by atoms with Crippen LogP contribution in [0.5, 0.6) is 0 Å². The summed E-state index contributed by atoms with van der Waals surface area (Å²) in [5.74, 6) is 1.25. The lowest BCUT2D eigenvalue weighted by Gasteiger charge is -2.20. The average Bonchev–Trinajstić information content (AvgIpc) is 2.87. The zero-order chi connectivity index (χ0) is 17.4. The van der Waals surface area contributed by atoms with E-state index in [9.17, 15) is 5.11 Å². The molecule has 0 bridgehead atoms. The molecule has 2 aromatic heterocycles. The maximum absolute atomic E-state index is 10.3. The maximum Gasteiger partial charge on any atom is 0.227 e. The van der Waals surface area contributed by atoms with Gasteiger partial charge in [-0.15, -0.1) is 0 Å². The van der Waals surface area contributed by atoms with E-state index in [-0.39, 0.29) is 6.04 Å². The van der Waals surface area contributed by atoms with Crippen molar-refractivity contribution < 1.29 is 5.11 Å². The summed E-state index contributed by atoms with van der Waals surface area (Å²) in [7, 11) is 1.84. The SMILES string of the molecule is CNc1nc(NC2CN(C(C)C)CC2O)nc2nc(C)cc(C)c12. The number of pyridine rings is 1. The second-order valence-electron chi connectivity index (χ2n) is 6.79. The number of hydrogen-bond donors (Lipinski definition) is 3. The molecule has 0 aliphatic carbocycles. The smallest absolute Gasteiger partial charge is 0.227 e. The molecule has 0 amide bonds. The predicted molar refractivity (Wildman–Crippen MR) is 96.5 cm³/mol. The Bertz CT molecular complexity index is 747. The van der Waals surface area contributed by atoms with Crippen molar-refractivity contribution >= 4 is 22.8 Å². The largest absolute Gasteiger partial charge is 0.390 e. The zero-order valence-electron chi connectivity index (χ0n) is 15.0. The minimum Gasteiger partial charge on any atom is -0.390 e. The normalized spacial score (nSPS) is 21.6. The molecule has 3 rings (SSSR count). The zero-order valence-corrected chi connectivity index (χ0v) is 15.0. The van der Waals surface area contributed by atoms with Gasteiger partial charge in [0.15, 0.2) is 5.65 Å². The Morgan fingerprint density at radius 2 is 1.96 bits per heavy atom. The molecule has 3 heterocycles. The number of aromatic nitrogens is 3. The van der Waals surface area contributed by atoms with Crippen molar-refractivity contribution in [1.29, 1.82) is 0 Å². The molecule has 130 valence electrons. The predicted octanol–water partition coefficient (Wildman–Crippen LogP) is 1.55. The molecule has 1 saturated heterocycles. The van der Waals surface area contributed by atoms with Crippen LogP contribution in [0.2, 0.25) is 0 Å². The van der Waals surface area contributed by atoms with Crippen molar-refractivity contribution in [1.82, 2.24) is 19.9 Å². The third-order valence-corrected chi connectivity index (χ3v) is 4.59. The second kappa shape index (κ2) is 6.49. The number of aryl methyl sites for hydroxylation is 2. The molecule has 24 heavy (non-hydrogen) atoms. The Kier molecular flexibility index (Phi) is 4.56. The van der Waals surface area contributed by atoms with E-state index in [0.29, 0.717) is 24.2 Å². The number of fused-ring (bicyclic) bond motifs is 1. The van der Waals surface area contributed by atoms with Crippen LogP contribution in [0.4, 0.5) is 11.8 Å². The van der Waals surface area contributed by atoms with Gasteiger partial charge in [0.25, 0.3) is 0 Å². The highest BCUT2D eigenvalue weighted by Gasteiger charge is 2.33. The summed E-state index contributed by atoms with van der Waals surface area (Å²) < 4.78 is 0. The van der Waals surface area contributed by atoms with Crippen LogP contribution in [0.25, 0.3) is 11.0 Å². The van der Waals surface area contributed by atoms with Crippen molar-refractivity contribution in [2.24, 2.45) is 0 Å². The van der Waals surface area contributed by atoms with Gasteiger partial charge in [0.05, 0.1) is 17.5 Å². The van der Waals surface area contributed by atoms with Crippen molar-refractivity contribution in [2.45, 2.75) is 45.9 Å². The number of rotatable bonds is 4. The fourth-order valence-electron chi connectivity index (χ4n) is 3.27. The first-order valence-corrected chi connectivity index (χ1v) is 8.41. The summed E-state index contributed by atoms with van der Waals surface area (Å²) in [6.45, 7) is 9.71. The van der Waals surface area contributed by atoms with E-state index in [1.165, 1.54) is 0 Å². The van der Waals surface area contributed by atoms with Crippen molar-refractivity contribution in [3.63, 3.8) is 0 Å². The average molecular weight is 330 g/mol. The van der Waals surface area contributed by atoms with E-state index >= 15 is 0 Å². The van der Waals surface area contributed by atoms with Crippen LogP contribution in [-0.4, -0.2) is 63.3 Å². The molecule has 0 spiro atoms. The van der Waals surface area contributed by atoms with Crippen LogP contribution >= 0.6 is 0 Å². The molecule has 2 atom stereocenters. The Balaban J connectivity index is 1.93. The summed E-state index contributed by atoms with van der Waals surface area (Å²) >= 11 is 0. The summed E-state index contributed by atoms with van der Waals surface area (Å²) in [6, 6.07) is 2.35. The fourth-order valence-corrected chi connectivity index (χ4v) is 3.27. The van der Waals surface area contributed by atoms with E-state index in [1.54, 1.807) is 0 Å². The number of nitrogens with one attached hydrogen (secondary N) is 2. The Morgan fingerprint density at radius 3 is 2.58 bits per heavy atom. The van der Waals surface area contributed by atoms with Gasteiger partial charge in [-0.2, -0.15) is 9.97 Å². The minimum absolute atomic E-state index is 0.0829. The van der Waals surface area contributed by atoms with Gasteiger partial charge in [0.2, 0.25) is 5.95 Å². The van der Waals surface area contributed by atoms with E-state index in [2.05, 4.69) is 44.3 Å². The highest BCUT2D eigenvalue weighted by atomic mass is 16.3. The minimum atomic E-state index is -0.433. The van der Waals surface area contributed by atoms with Gasteiger partial charge in [0.1, 0.15) is 5.82 Å². The molecular formula is C17H26N6O. The first-order valence-electron chi connectivity index (χ1n) is 8.41.